The summed E-state index contributed by atoms with van der Waals surface area (Å²) in [6.45, 7) is 2.74. The molecule has 6 nitrogen and oxygen atoms in total. The Morgan fingerprint density at radius 1 is 1.24 bits per heavy atom. The number of halogens is 1. The highest BCUT2D eigenvalue weighted by Gasteiger charge is 2.28. The van der Waals surface area contributed by atoms with E-state index in [4.69, 9.17) is 5.73 Å². The first-order valence-electron chi connectivity index (χ1n) is 8.31. The Bertz CT molecular complexity index is 730. The van der Waals surface area contributed by atoms with Crippen LogP contribution in [0.1, 0.15) is 18.2 Å². The summed E-state index contributed by atoms with van der Waals surface area (Å²) in [5.41, 5.74) is 10.3. The molecule has 0 bridgehead atoms. The normalized spacial score (nSPS) is 16.4. The lowest BCUT2D eigenvalue weighted by atomic mass is 10.0. The second-order valence-electron chi connectivity index (χ2n) is 6.36. The first-order chi connectivity index (χ1) is 11.5. The van der Waals surface area contributed by atoms with Crippen LogP contribution < -0.4 is 5.73 Å². The van der Waals surface area contributed by atoms with Gasteiger partial charge in [0, 0.05) is 43.4 Å². The van der Waals surface area contributed by atoms with Gasteiger partial charge in [-0.05, 0) is 13.3 Å². The lowest BCUT2D eigenvalue weighted by Crippen LogP contribution is -2.50. The van der Waals surface area contributed by atoms with Gasteiger partial charge in [-0.2, -0.15) is 5.10 Å². The van der Waals surface area contributed by atoms with Crippen LogP contribution in [0.4, 0.5) is 0 Å². The highest BCUT2D eigenvalue weighted by molar-refractivity contribution is 5.85. The maximum atomic E-state index is 12.4. The monoisotopic (exact) mass is 364 g/mol. The summed E-state index contributed by atoms with van der Waals surface area (Å²) in [7, 11) is 1.95. The van der Waals surface area contributed by atoms with Crippen LogP contribution >= 0.6 is 12.4 Å². The molecule has 1 amide bonds. The number of amides is 1. The number of carbonyl (C=O) groups is 1. The number of benzene rings is 1. The molecule has 0 fully saturated rings. The molecular formula is C18H25ClN4O2. The summed E-state index contributed by atoms with van der Waals surface area (Å²) in [6.07, 6.45) is 0.639. The van der Waals surface area contributed by atoms with Gasteiger partial charge in [0.1, 0.15) is 6.04 Å². The van der Waals surface area contributed by atoms with Crippen LogP contribution in [0.3, 0.4) is 0 Å². The molecule has 0 radical (unpaired) electrons. The molecular weight excluding hydrogens is 340 g/mol. The van der Waals surface area contributed by atoms with E-state index in [1.54, 1.807) is 11.8 Å². The van der Waals surface area contributed by atoms with Crippen molar-refractivity contribution < 1.29 is 9.90 Å². The molecule has 1 aliphatic rings. The molecule has 3 rings (SSSR count). The Morgan fingerprint density at radius 3 is 2.52 bits per heavy atom. The standard InChI is InChI=1S/C18H24N4O2.ClH/c1-12(23)16(19)18(24)22-10-8-14-15(9-11-22)21(2)20-17(14)13-6-4-3-5-7-13;/h3-7,12,16,23H,8-11,19H2,1-2H3;1H/t12-,16+;/m1./s1. The summed E-state index contributed by atoms with van der Waals surface area (Å²) in [6, 6.07) is 9.25. The molecule has 1 aromatic heterocycles. The molecule has 0 unspecified atom stereocenters. The van der Waals surface area contributed by atoms with Gasteiger partial charge in [-0.15, -0.1) is 12.4 Å². The zero-order chi connectivity index (χ0) is 17.3. The number of hydrogen-bond donors (Lipinski definition) is 2. The topological polar surface area (TPSA) is 84.4 Å². The molecule has 0 spiro atoms. The summed E-state index contributed by atoms with van der Waals surface area (Å²) >= 11 is 0. The van der Waals surface area contributed by atoms with Crippen molar-refractivity contribution in [3.63, 3.8) is 0 Å². The second-order valence-corrected chi connectivity index (χ2v) is 6.36. The second kappa shape index (κ2) is 7.99. The fraction of sp³-hybridized carbons (Fsp3) is 0.444. The van der Waals surface area contributed by atoms with Crippen molar-refractivity contribution in [2.75, 3.05) is 13.1 Å². The average Bonchev–Trinajstić information content (AvgIpc) is 2.76. The van der Waals surface area contributed by atoms with Crippen molar-refractivity contribution in [3.05, 3.63) is 41.6 Å². The number of fused-ring (bicyclic) bond motifs is 1. The Hall–Kier alpha value is -1.89. The third kappa shape index (κ3) is 3.86. The van der Waals surface area contributed by atoms with Gasteiger partial charge in [-0.1, -0.05) is 30.3 Å². The van der Waals surface area contributed by atoms with Crippen LogP contribution in [-0.2, 0) is 24.7 Å². The molecule has 136 valence electrons. The van der Waals surface area contributed by atoms with E-state index in [1.807, 2.05) is 29.9 Å². The quantitative estimate of drug-likeness (QED) is 0.855. The number of aromatic nitrogens is 2. The van der Waals surface area contributed by atoms with E-state index in [2.05, 4.69) is 17.2 Å². The van der Waals surface area contributed by atoms with Crippen molar-refractivity contribution in [2.45, 2.75) is 31.9 Å². The largest absolute Gasteiger partial charge is 0.391 e. The molecule has 1 aliphatic heterocycles. The Morgan fingerprint density at radius 2 is 1.88 bits per heavy atom. The minimum absolute atomic E-state index is 0. The molecule has 0 aliphatic carbocycles. The van der Waals surface area contributed by atoms with Gasteiger partial charge in [0.15, 0.2) is 0 Å². The maximum Gasteiger partial charge on any atom is 0.242 e. The van der Waals surface area contributed by atoms with Crippen LogP contribution in [0, 0.1) is 0 Å². The van der Waals surface area contributed by atoms with Gasteiger partial charge in [0.25, 0.3) is 0 Å². The molecule has 2 heterocycles. The smallest absolute Gasteiger partial charge is 0.242 e. The van der Waals surface area contributed by atoms with E-state index in [-0.39, 0.29) is 18.3 Å². The number of nitrogens with two attached hydrogens (primary N) is 1. The number of aryl methyl sites for hydroxylation is 1. The number of rotatable bonds is 3. The van der Waals surface area contributed by atoms with E-state index in [0.717, 1.165) is 29.8 Å². The van der Waals surface area contributed by atoms with Crippen LogP contribution in [0.15, 0.2) is 30.3 Å². The number of nitrogens with zero attached hydrogens (tertiary/aromatic N) is 3. The molecule has 7 heteroatoms. The average molecular weight is 365 g/mol. The molecule has 1 aromatic carbocycles. The summed E-state index contributed by atoms with van der Waals surface area (Å²) in [4.78, 5) is 14.2. The van der Waals surface area contributed by atoms with Gasteiger partial charge in [-0.25, -0.2) is 0 Å². The van der Waals surface area contributed by atoms with E-state index >= 15 is 0 Å². The lowest BCUT2D eigenvalue weighted by Gasteiger charge is -2.25. The fourth-order valence-corrected chi connectivity index (χ4v) is 3.24. The third-order valence-corrected chi connectivity index (χ3v) is 4.69. The van der Waals surface area contributed by atoms with Crippen molar-refractivity contribution in [1.29, 1.82) is 0 Å². The number of aliphatic hydroxyl groups excluding tert-OH is 1. The summed E-state index contributed by atoms with van der Waals surface area (Å²) < 4.78 is 1.92. The van der Waals surface area contributed by atoms with Gasteiger partial charge >= 0.3 is 0 Å². The van der Waals surface area contributed by atoms with Crippen LogP contribution in [0.5, 0.6) is 0 Å². The zero-order valence-corrected chi connectivity index (χ0v) is 15.4. The van der Waals surface area contributed by atoms with E-state index in [0.29, 0.717) is 13.1 Å². The van der Waals surface area contributed by atoms with E-state index in [9.17, 15) is 9.90 Å². The van der Waals surface area contributed by atoms with E-state index < -0.39 is 12.1 Å². The predicted molar refractivity (Wildman–Crippen MR) is 99.5 cm³/mol. The fourth-order valence-electron chi connectivity index (χ4n) is 3.24. The maximum absolute atomic E-state index is 12.4. The molecule has 0 saturated heterocycles. The third-order valence-electron chi connectivity index (χ3n) is 4.69. The van der Waals surface area contributed by atoms with Crippen molar-refractivity contribution in [1.82, 2.24) is 14.7 Å². The number of hydrogen-bond acceptors (Lipinski definition) is 4. The SMILES string of the molecule is C[C@@H](O)[C@H](N)C(=O)N1CCc2c(-c3ccccc3)nn(C)c2CC1.Cl. The molecule has 2 atom stereocenters. The Kier molecular flexibility index (Phi) is 6.21. The van der Waals surface area contributed by atoms with Crippen LogP contribution in [0.25, 0.3) is 11.3 Å². The molecule has 25 heavy (non-hydrogen) atoms. The lowest BCUT2D eigenvalue weighted by molar-refractivity contribution is -0.134. The molecule has 0 saturated carbocycles. The van der Waals surface area contributed by atoms with Crippen molar-refractivity contribution in [2.24, 2.45) is 12.8 Å². The zero-order valence-electron chi connectivity index (χ0n) is 14.6. The van der Waals surface area contributed by atoms with Gasteiger partial charge in [0.05, 0.1) is 11.8 Å². The Labute approximate surface area is 154 Å². The molecule has 2 aromatic rings. The van der Waals surface area contributed by atoms with Crippen LogP contribution in [0.2, 0.25) is 0 Å². The minimum atomic E-state index is -0.863. The first-order valence-corrected chi connectivity index (χ1v) is 8.31. The molecule has 3 N–H and O–H groups in total. The van der Waals surface area contributed by atoms with E-state index in [1.165, 1.54) is 5.56 Å². The van der Waals surface area contributed by atoms with Crippen molar-refractivity contribution in [3.8, 4) is 11.3 Å². The van der Waals surface area contributed by atoms with Gasteiger partial charge in [0.2, 0.25) is 5.91 Å². The summed E-state index contributed by atoms with van der Waals surface area (Å²) in [5, 5.41) is 14.3. The van der Waals surface area contributed by atoms with Gasteiger partial charge < -0.3 is 15.7 Å². The van der Waals surface area contributed by atoms with Crippen molar-refractivity contribution >= 4 is 18.3 Å². The summed E-state index contributed by atoms with van der Waals surface area (Å²) in [5.74, 6) is -0.188. The number of carbonyl (C=O) groups excluding carboxylic acids is 1. The Balaban J connectivity index is 0.00000225. The highest BCUT2D eigenvalue weighted by atomic mass is 35.5. The van der Waals surface area contributed by atoms with Crippen LogP contribution in [-0.4, -0.2) is 50.9 Å². The number of aliphatic hydroxyl groups is 1. The predicted octanol–water partition coefficient (Wildman–Crippen LogP) is 1.14. The van der Waals surface area contributed by atoms with Gasteiger partial charge in [-0.3, -0.25) is 9.48 Å². The highest BCUT2D eigenvalue weighted by Crippen LogP contribution is 2.28. The first kappa shape index (κ1) is 19.4. The minimum Gasteiger partial charge on any atom is -0.391 e.